The molecule has 4 heteroatoms. The van der Waals surface area contributed by atoms with Gasteiger partial charge in [0.05, 0.1) is 28.6 Å². The van der Waals surface area contributed by atoms with Gasteiger partial charge in [0.15, 0.2) is 0 Å². The highest BCUT2D eigenvalue weighted by Crippen LogP contribution is 2.25. The molecular formula is C11H17BrN2O. The Morgan fingerprint density at radius 2 is 2.27 bits per heavy atom. The van der Waals surface area contributed by atoms with Crippen molar-refractivity contribution in [3.8, 4) is 0 Å². The molecule has 0 N–H and O–H groups in total. The molecular weight excluding hydrogens is 256 g/mol. The average molecular weight is 273 g/mol. The Hall–Kier alpha value is -0.350. The Balaban J connectivity index is 2.13. The molecule has 0 bridgehead atoms. The number of rotatable bonds is 5. The Morgan fingerprint density at radius 1 is 1.53 bits per heavy atom. The zero-order valence-electron chi connectivity index (χ0n) is 9.29. The number of hydrogen-bond donors (Lipinski definition) is 0. The van der Waals surface area contributed by atoms with Crippen molar-refractivity contribution < 1.29 is 4.74 Å². The number of hydrogen-bond acceptors (Lipinski definition) is 2. The number of aromatic nitrogens is 2. The molecule has 0 aromatic carbocycles. The van der Waals surface area contributed by atoms with E-state index in [-0.39, 0.29) is 0 Å². The molecule has 1 aliphatic rings. The van der Waals surface area contributed by atoms with Gasteiger partial charge in [-0.15, -0.1) is 0 Å². The largest absolute Gasteiger partial charge is 0.373 e. The summed E-state index contributed by atoms with van der Waals surface area (Å²) >= 11 is 3.65. The minimum absolute atomic E-state index is 0.502. The Bertz CT molecular complexity index is 345. The van der Waals surface area contributed by atoms with E-state index in [0.717, 1.165) is 32.4 Å². The van der Waals surface area contributed by atoms with E-state index >= 15 is 0 Å². The lowest BCUT2D eigenvalue weighted by atomic mass is 10.2. The third-order valence-electron chi connectivity index (χ3n) is 2.80. The van der Waals surface area contributed by atoms with Crippen molar-refractivity contribution >= 4 is 15.9 Å². The van der Waals surface area contributed by atoms with E-state index in [9.17, 15) is 0 Å². The van der Waals surface area contributed by atoms with Crippen molar-refractivity contribution in [2.24, 2.45) is 0 Å². The van der Waals surface area contributed by atoms with Crippen LogP contribution in [-0.2, 0) is 24.1 Å². The highest BCUT2D eigenvalue weighted by atomic mass is 79.9. The standard InChI is InChI=1S/C11H17BrN2O/c1-3-9-11(12)10(14(4-2)13-9)6-5-8-7-15-8/h8H,3-7H2,1-2H3. The van der Waals surface area contributed by atoms with Crippen molar-refractivity contribution in [2.45, 2.75) is 45.8 Å². The fourth-order valence-corrected chi connectivity index (χ4v) is 2.55. The summed E-state index contributed by atoms with van der Waals surface area (Å²) in [6.45, 7) is 6.16. The summed E-state index contributed by atoms with van der Waals surface area (Å²) in [5.41, 5.74) is 2.49. The van der Waals surface area contributed by atoms with Crippen molar-refractivity contribution in [2.75, 3.05) is 6.61 Å². The maximum Gasteiger partial charge on any atom is 0.0813 e. The molecule has 1 aliphatic heterocycles. The van der Waals surface area contributed by atoms with Crippen LogP contribution in [0, 0.1) is 0 Å². The average Bonchev–Trinajstić information content (AvgIpc) is 3.01. The van der Waals surface area contributed by atoms with Gasteiger partial charge in [-0.3, -0.25) is 4.68 Å². The maximum absolute atomic E-state index is 5.23. The van der Waals surface area contributed by atoms with Crippen LogP contribution in [0.4, 0.5) is 0 Å². The summed E-state index contributed by atoms with van der Waals surface area (Å²) in [5, 5.41) is 4.57. The fourth-order valence-electron chi connectivity index (χ4n) is 1.79. The lowest BCUT2D eigenvalue weighted by Crippen LogP contribution is -2.04. The van der Waals surface area contributed by atoms with Crippen molar-refractivity contribution in [1.29, 1.82) is 0 Å². The minimum Gasteiger partial charge on any atom is -0.373 e. The number of aryl methyl sites for hydroxylation is 2. The molecule has 15 heavy (non-hydrogen) atoms. The van der Waals surface area contributed by atoms with Crippen LogP contribution in [-0.4, -0.2) is 22.5 Å². The molecule has 1 saturated heterocycles. The molecule has 3 nitrogen and oxygen atoms in total. The molecule has 1 fully saturated rings. The zero-order chi connectivity index (χ0) is 10.8. The third kappa shape index (κ3) is 2.42. The first-order valence-electron chi connectivity index (χ1n) is 5.61. The van der Waals surface area contributed by atoms with Gasteiger partial charge >= 0.3 is 0 Å². The Morgan fingerprint density at radius 3 is 2.80 bits per heavy atom. The van der Waals surface area contributed by atoms with Crippen molar-refractivity contribution in [3.63, 3.8) is 0 Å². The van der Waals surface area contributed by atoms with Crippen LogP contribution >= 0.6 is 15.9 Å². The van der Waals surface area contributed by atoms with Crippen LogP contribution in [0.2, 0.25) is 0 Å². The number of halogens is 1. The van der Waals surface area contributed by atoms with Crippen molar-refractivity contribution in [1.82, 2.24) is 9.78 Å². The molecule has 1 atom stereocenters. The van der Waals surface area contributed by atoms with Gasteiger partial charge in [-0.05, 0) is 42.1 Å². The maximum atomic E-state index is 5.23. The molecule has 0 aliphatic carbocycles. The molecule has 1 aromatic heterocycles. The van der Waals surface area contributed by atoms with Crippen LogP contribution in [0.25, 0.3) is 0 Å². The molecule has 0 saturated carbocycles. The summed E-state index contributed by atoms with van der Waals surface area (Å²) in [4.78, 5) is 0. The quantitative estimate of drug-likeness (QED) is 0.772. The lowest BCUT2D eigenvalue weighted by Gasteiger charge is -2.03. The lowest BCUT2D eigenvalue weighted by molar-refractivity contribution is 0.394. The number of ether oxygens (including phenoxy) is 1. The van der Waals surface area contributed by atoms with Gasteiger partial charge in [0, 0.05) is 6.54 Å². The summed E-state index contributed by atoms with van der Waals surface area (Å²) in [6.07, 6.45) is 3.67. The Labute approximate surface area is 98.9 Å². The van der Waals surface area contributed by atoms with Crippen LogP contribution in [0.1, 0.15) is 31.7 Å². The monoisotopic (exact) mass is 272 g/mol. The first kappa shape index (κ1) is 11.1. The van der Waals surface area contributed by atoms with Gasteiger partial charge in [-0.25, -0.2) is 0 Å². The fraction of sp³-hybridized carbons (Fsp3) is 0.727. The van der Waals surface area contributed by atoms with Crippen LogP contribution in [0.15, 0.2) is 4.47 Å². The van der Waals surface area contributed by atoms with Crippen LogP contribution < -0.4 is 0 Å². The van der Waals surface area contributed by atoms with Gasteiger partial charge in [0.25, 0.3) is 0 Å². The van der Waals surface area contributed by atoms with Gasteiger partial charge in [-0.2, -0.15) is 5.10 Å². The van der Waals surface area contributed by atoms with E-state index in [0.29, 0.717) is 6.10 Å². The first-order chi connectivity index (χ1) is 7.26. The van der Waals surface area contributed by atoms with Crippen LogP contribution in [0.3, 0.4) is 0 Å². The van der Waals surface area contributed by atoms with E-state index in [4.69, 9.17) is 4.74 Å². The highest BCUT2D eigenvalue weighted by Gasteiger charge is 2.23. The summed E-state index contributed by atoms with van der Waals surface area (Å²) in [6, 6.07) is 0. The third-order valence-corrected chi connectivity index (χ3v) is 3.72. The normalized spacial score (nSPS) is 19.5. The molecule has 84 valence electrons. The topological polar surface area (TPSA) is 30.4 Å². The van der Waals surface area contributed by atoms with Gasteiger partial charge in [-0.1, -0.05) is 6.92 Å². The summed E-state index contributed by atoms with van der Waals surface area (Å²) in [5.74, 6) is 0. The molecule has 2 rings (SSSR count). The van der Waals surface area contributed by atoms with Gasteiger partial charge in [0.1, 0.15) is 0 Å². The molecule has 0 spiro atoms. The van der Waals surface area contributed by atoms with Gasteiger partial charge < -0.3 is 4.74 Å². The second-order valence-electron chi connectivity index (χ2n) is 3.87. The van der Waals surface area contributed by atoms with E-state index < -0.39 is 0 Å². The molecule has 1 unspecified atom stereocenters. The summed E-state index contributed by atoms with van der Waals surface area (Å²) < 4.78 is 8.54. The van der Waals surface area contributed by atoms with E-state index in [1.807, 2.05) is 0 Å². The SMILES string of the molecule is CCc1nn(CC)c(CCC2CO2)c1Br. The molecule has 1 aromatic rings. The van der Waals surface area contributed by atoms with E-state index in [1.165, 1.54) is 15.9 Å². The Kier molecular flexibility index (Phi) is 3.46. The van der Waals surface area contributed by atoms with Crippen molar-refractivity contribution in [3.05, 3.63) is 15.9 Å². The number of nitrogens with zero attached hydrogens (tertiary/aromatic N) is 2. The molecule has 2 heterocycles. The number of epoxide rings is 1. The first-order valence-corrected chi connectivity index (χ1v) is 6.41. The predicted molar refractivity (Wildman–Crippen MR) is 63.0 cm³/mol. The van der Waals surface area contributed by atoms with E-state index in [1.54, 1.807) is 0 Å². The second-order valence-corrected chi connectivity index (χ2v) is 4.66. The summed E-state index contributed by atoms with van der Waals surface area (Å²) in [7, 11) is 0. The zero-order valence-corrected chi connectivity index (χ0v) is 10.9. The molecule has 0 radical (unpaired) electrons. The van der Waals surface area contributed by atoms with Gasteiger partial charge in [0.2, 0.25) is 0 Å². The highest BCUT2D eigenvalue weighted by molar-refractivity contribution is 9.10. The van der Waals surface area contributed by atoms with Crippen LogP contribution in [0.5, 0.6) is 0 Å². The predicted octanol–water partition coefficient (Wildman–Crippen LogP) is 2.56. The van der Waals surface area contributed by atoms with E-state index in [2.05, 4.69) is 39.6 Å². The minimum atomic E-state index is 0.502. The second kappa shape index (κ2) is 4.66. The molecule has 0 amide bonds. The smallest absolute Gasteiger partial charge is 0.0813 e.